The predicted octanol–water partition coefficient (Wildman–Crippen LogP) is -0.839. The van der Waals surface area contributed by atoms with Gasteiger partial charge < -0.3 is 15.7 Å². The summed E-state index contributed by atoms with van der Waals surface area (Å²) in [6.45, 7) is -0.0101. The van der Waals surface area contributed by atoms with Crippen LogP contribution in [0.3, 0.4) is 0 Å². The van der Waals surface area contributed by atoms with Gasteiger partial charge in [-0.05, 0) is 24.3 Å². The van der Waals surface area contributed by atoms with Gasteiger partial charge >= 0.3 is 0 Å². The van der Waals surface area contributed by atoms with Crippen LogP contribution in [0.1, 0.15) is 12.8 Å². The Hall–Kier alpha value is -1.97. The summed E-state index contributed by atoms with van der Waals surface area (Å²) >= 11 is 0. The minimum atomic E-state index is -3.76. The SMILES string of the molecule is NS(=O)(=O)c1ccc(NC(=O)CCC(=O)NCCO)cc1. The molecule has 0 saturated carbocycles. The molecule has 8 nitrogen and oxygen atoms in total. The third kappa shape index (κ3) is 6.34. The lowest BCUT2D eigenvalue weighted by Crippen LogP contribution is -2.27. The zero-order chi connectivity index (χ0) is 15.9. The molecule has 21 heavy (non-hydrogen) atoms. The van der Waals surface area contributed by atoms with Crippen molar-refractivity contribution in [3.63, 3.8) is 0 Å². The average Bonchev–Trinajstić information content (AvgIpc) is 2.42. The number of benzene rings is 1. The molecule has 0 aliphatic heterocycles. The maximum Gasteiger partial charge on any atom is 0.238 e. The van der Waals surface area contributed by atoms with Crippen LogP contribution in [0.5, 0.6) is 0 Å². The second kappa shape index (κ2) is 7.72. The van der Waals surface area contributed by atoms with Gasteiger partial charge in [-0.1, -0.05) is 0 Å². The van der Waals surface area contributed by atoms with Crippen molar-refractivity contribution >= 4 is 27.5 Å². The minimum absolute atomic E-state index is 0.00109. The van der Waals surface area contributed by atoms with Crippen LogP contribution in [0.15, 0.2) is 29.2 Å². The number of hydrogen-bond donors (Lipinski definition) is 4. The third-order valence-corrected chi connectivity index (χ3v) is 3.41. The number of anilines is 1. The standard InChI is InChI=1S/C12H17N3O5S/c13-21(19,20)10-3-1-9(2-4-10)15-12(18)6-5-11(17)14-7-8-16/h1-4,16H,5-8H2,(H,14,17)(H,15,18)(H2,13,19,20). The van der Waals surface area contributed by atoms with Gasteiger partial charge in [0.15, 0.2) is 0 Å². The minimum Gasteiger partial charge on any atom is -0.395 e. The lowest BCUT2D eigenvalue weighted by Gasteiger charge is -2.06. The highest BCUT2D eigenvalue weighted by atomic mass is 32.2. The molecule has 1 aromatic rings. The Morgan fingerprint density at radius 1 is 1.10 bits per heavy atom. The smallest absolute Gasteiger partial charge is 0.238 e. The summed E-state index contributed by atoms with van der Waals surface area (Å²) in [5.74, 6) is -0.707. The maximum absolute atomic E-state index is 11.6. The first-order valence-corrected chi connectivity index (χ1v) is 7.68. The van der Waals surface area contributed by atoms with Crippen LogP contribution >= 0.6 is 0 Å². The normalized spacial score (nSPS) is 11.0. The van der Waals surface area contributed by atoms with E-state index in [0.29, 0.717) is 5.69 Å². The molecule has 0 aliphatic rings. The van der Waals surface area contributed by atoms with Crippen LogP contribution in [0, 0.1) is 0 Å². The Labute approximate surface area is 122 Å². The van der Waals surface area contributed by atoms with Gasteiger partial charge in [0, 0.05) is 25.1 Å². The molecule has 0 fully saturated rings. The molecule has 1 aromatic carbocycles. The summed E-state index contributed by atoms with van der Waals surface area (Å²) in [7, 11) is -3.76. The van der Waals surface area contributed by atoms with E-state index >= 15 is 0 Å². The summed E-state index contributed by atoms with van der Waals surface area (Å²) in [6.07, 6.45) is -0.0186. The molecule has 0 aliphatic carbocycles. The van der Waals surface area contributed by atoms with Gasteiger partial charge in [0.05, 0.1) is 11.5 Å². The van der Waals surface area contributed by atoms with E-state index in [1.807, 2.05) is 0 Å². The van der Waals surface area contributed by atoms with Crippen molar-refractivity contribution in [2.45, 2.75) is 17.7 Å². The van der Waals surface area contributed by atoms with Crippen molar-refractivity contribution in [2.75, 3.05) is 18.5 Å². The maximum atomic E-state index is 11.6. The van der Waals surface area contributed by atoms with Crippen LogP contribution in [0.4, 0.5) is 5.69 Å². The Balaban J connectivity index is 2.46. The quantitative estimate of drug-likeness (QED) is 0.519. The Morgan fingerprint density at radius 3 is 2.19 bits per heavy atom. The molecular formula is C12H17N3O5S. The fourth-order valence-electron chi connectivity index (χ4n) is 1.46. The molecule has 1 rings (SSSR count). The largest absolute Gasteiger partial charge is 0.395 e. The Morgan fingerprint density at radius 2 is 1.67 bits per heavy atom. The summed E-state index contributed by atoms with van der Waals surface area (Å²) in [4.78, 5) is 22.8. The van der Waals surface area contributed by atoms with Crippen LogP contribution in [0.2, 0.25) is 0 Å². The van der Waals surface area contributed by atoms with Gasteiger partial charge in [-0.3, -0.25) is 9.59 Å². The first-order chi connectivity index (χ1) is 9.82. The van der Waals surface area contributed by atoms with E-state index in [0.717, 1.165) is 0 Å². The second-order valence-electron chi connectivity index (χ2n) is 4.19. The molecule has 0 unspecified atom stereocenters. The first kappa shape index (κ1) is 17.1. The number of carbonyl (C=O) groups is 2. The van der Waals surface area contributed by atoms with Crippen molar-refractivity contribution in [3.05, 3.63) is 24.3 Å². The third-order valence-electron chi connectivity index (χ3n) is 2.48. The van der Waals surface area contributed by atoms with E-state index in [1.54, 1.807) is 0 Å². The lowest BCUT2D eigenvalue weighted by molar-refractivity contribution is -0.124. The number of aliphatic hydroxyl groups excluding tert-OH is 1. The highest BCUT2D eigenvalue weighted by molar-refractivity contribution is 7.89. The Bertz CT molecular complexity index is 598. The van der Waals surface area contributed by atoms with Crippen molar-refractivity contribution in [2.24, 2.45) is 5.14 Å². The number of nitrogens with two attached hydrogens (primary N) is 1. The molecule has 0 aromatic heterocycles. The highest BCUT2D eigenvalue weighted by Crippen LogP contribution is 2.13. The number of nitrogens with one attached hydrogen (secondary N) is 2. The first-order valence-electron chi connectivity index (χ1n) is 6.13. The molecule has 116 valence electrons. The number of carbonyl (C=O) groups excluding carboxylic acids is 2. The zero-order valence-electron chi connectivity index (χ0n) is 11.2. The number of hydrogen-bond acceptors (Lipinski definition) is 5. The number of sulfonamides is 1. The number of primary sulfonamides is 1. The van der Waals surface area contributed by atoms with E-state index in [-0.39, 0.29) is 42.7 Å². The van der Waals surface area contributed by atoms with E-state index in [9.17, 15) is 18.0 Å². The molecule has 2 amide bonds. The van der Waals surface area contributed by atoms with E-state index < -0.39 is 10.0 Å². The van der Waals surface area contributed by atoms with Crippen LogP contribution < -0.4 is 15.8 Å². The van der Waals surface area contributed by atoms with Crippen LogP contribution in [-0.4, -0.2) is 38.5 Å². The summed E-state index contributed by atoms with van der Waals surface area (Å²) in [6, 6.07) is 5.37. The molecule has 5 N–H and O–H groups in total. The molecule has 0 bridgehead atoms. The number of rotatable bonds is 7. The van der Waals surface area contributed by atoms with Crippen molar-refractivity contribution in [1.82, 2.24) is 5.32 Å². The van der Waals surface area contributed by atoms with Gasteiger partial charge in [-0.25, -0.2) is 13.6 Å². The molecular weight excluding hydrogens is 298 g/mol. The molecule has 0 radical (unpaired) electrons. The van der Waals surface area contributed by atoms with Gasteiger partial charge in [-0.2, -0.15) is 0 Å². The van der Waals surface area contributed by atoms with Crippen molar-refractivity contribution in [1.29, 1.82) is 0 Å². The topological polar surface area (TPSA) is 139 Å². The fraction of sp³-hybridized carbons (Fsp3) is 0.333. The van der Waals surface area contributed by atoms with E-state index in [2.05, 4.69) is 10.6 Å². The molecule has 9 heteroatoms. The van der Waals surface area contributed by atoms with E-state index in [4.69, 9.17) is 10.2 Å². The summed E-state index contributed by atoms with van der Waals surface area (Å²) in [5.41, 5.74) is 0.406. The average molecular weight is 315 g/mol. The van der Waals surface area contributed by atoms with Crippen LogP contribution in [0.25, 0.3) is 0 Å². The predicted molar refractivity (Wildman–Crippen MR) is 75.8 cm³/mol. The van der Waals surface area contributed by atoms with Gasteiger partial charge in [0.1, 0.15) is 0 Å². The van der Waals surface area contributed by atoms with Gasteiger partial charge in [-0.15, -0.1) is 0 Å². The van der Waals surface area contributed by atoms with Crippen molar-refractivity contribution < 1.29 is 23.1 Å². The number of aliphatic hydroxyl groups is 1. The lowest BCUT2D eigenvalue weighted by atomic mass is 10.2. The van der Waals surface area contributed by atoms with Gasteiger partial charge in [0.25, 0.3) is 0 Å². The monoisotopic (exact) mass is 315 g/mol. The zero-order valence-corrected chi connectivity index (χ0v) is 12.0. The fourth-order valence-corrected chi connectivity index (χ4v) is 1.98. The van der Waals surface area contributed by atoms with Crippen molar-refractivity contribution in [3.8, 4) is 0 Å². The Kier molecular flexibility index (Phi) is 6.28. The van der Waals surface area contributed by atoms with Gasteiger partial charge in [0.2, 0.25) is 21.8 Å². The summed E-state index contributed by atoms with van der Waals surface area (Å²) in [5, 5.41) is 18.4. The van der Waals surface area contributed by atoms with Crippen LogP contribution in [-0.2, 0) is 19.6 Å². The summed E-state index contributed by atoms with van der Waals surface area (Å²) < 4.78 is 22.1. The molecule has 0 atom stereocenters. The molecule has 0 spiro atoms. The molecule has 0 saturated heterocycles. The van der Waals surface area contributed by atoms with E-state index in [1.165, 1.54) is 24.3 Å². The highest BCUT2D eigenvalue weighted by Gasteiger charge is 2.09. The second-order valence-corrected chi connectivity index (χ2v) is 5.75. The number of amides is 2. The molecule has 0 heterocycles.